The second-order valence-corrected chi connectivity index (χ2v) is 5.72. The highest BCUT2D eigenvalue weighted by molar-refractivity contribution is 7.99. The van der Waals surface area contributed by atoms with Crippen LogP contribution in [0.1, 0.15) is 26.0 Å². The molecule has 2 N–H and O–H groups in total. The summed E-state index contributed by atoms with van der Waals surface area (Å²) in [7, 11) is 1.68. The van der Waals surface area contributed by atoms with Crippen LogP contribution in [0.3, 0.4) is 0 Å². The van der Waals surface area contributed by atoms with Crippen LogP contribution >= 0.6 is 11.8 Å². The topological polar surface area (TPSA) is 62.5 Å². The van der Waals surface area contributed by atoms with Gasteiger partial charge in [-0.3, -0.25) is 4.79 Å². The van der Waals surface area contributed by atoms with Gasteiger partial charge in [-0.25, -0.2) is 0 Å². The minimum Gasteiger partial charge on any atom is -0.480 e. The molecule has 2 unspecified atom stereocenters. The highest BCUT2D eigenvalue weighted by atomic mass is 32.2. The van der Waals surface area contributed by atoms with Gasteiger partial charge in [0.1, 0.15) is 11.3 Å². The molecule has 0 aliphatic heterocycles. The van der Waals surface area contributed by atoms with Gasteiger partial charge < -0.3 is 14.8 Å². The Morgan fingerprint density at radius 3 is 2.88 bits per heavy atom. The van der Waals surface area contributed by atoms with E-state index in [1.54, 1.807) is 32.0 Å². The van der Waals surface area contributed by atoms with Crippen molar-refractivity contribution in [2.24, 2.45) is 0 Å². The van der Waals surface area contributed by atoms with Crippen LogP contribution in [0.2, 0.25) is 0 Å². The van der Waals surface area contributed by atoms with Gasteiger partial charge in [-0.2, -0.15) is 11.8 Å². The van der Waals surface area contributed by atoms with E-state index in [-0.39, 0.29) is 5.25 Å². The van der Waals surface area contributed by atoms with E-state index in [0.29, 0.717) is 6.42 Å². The number of carboxylic acids is 1. The van der Waals surface area contributed by atoms with Crippen LogP contribution in [-0.2, 0) is 10.5 Å². The van der Waals surface area contributed by atoms with E-state index in [0.717, 1.165) is 11.5 Å². The summed E-state index contributed by atoms with van der Waals surface area (Å²) in [6.07, 6.45) is 2.22. The van der Waals surface area contributed by atoms with Crippen molar-refractivity contribution in [1.82, 2.24) is 5.32 Å². The molecule has 96 valence electrons. The maximum atomic E-state index is 11.1. The van der Waals surface area contributed by atoms with Gasteiger partial charge >= 0.3 is 5.97 Å². The first-order valence-corrected chi connectivity index (χ1v) is 6.59. The minimum atomic E-state index is -0.865. The minimum absolute atomic E-state index is 0.244. The molecule has 0 aliphatic carbocycles. The van der Waals surface area contributed by atoms with E-state index in [9.17, 15) is 4.79 Å². The SMILES string of the molecule is CNC(C)(CC(C)SCc1ccco1)C(=O)O. The van der Waals surface area contributed by atoms with Crippen LogP contribution < -0.4 is 5.32 Å². The summed E-state index contributed by atoms with van der Waals surface area (Å²) in [5.41, 5.74) is -0.865. The molecule has 0 radical (unpaired) electrons. The molecule has 5 heteroatoms. The molecule has 0 aromatic carbocycles. The Hall–Kier alpha value is -0.940. The number of carboxylic acid groups (broad SMARTS) is 1. The van der Waals surface area contributed by atoms with Crippen LogP contribution in [0.15, 0.2) is 22.8 Å². The van der Waals surface area contributed by atoms with Crippen molar-refractivity contribution in [3.05, 3.63) is 24.2 Å². The van der Waals surface area contributed by atoms with E-state index < -0.39 is 11.5 Å². The number of furan rings is 1. The van der Waals surface area contributed by atoms with Gasteiger partial charge in [0, 0.05) is 5.25 Å². The summed E-state index contributed by atoms with van der Waals surface area (Å²) in [6.45, 7) is 3.74. The Morgan fingerprint density at radius 1 is 1.71 bits per heavy atom. The Balaban J connectivity index is 2.43. The molecule has 0 amide bonds. The van der Waals surface area contributed by atoms with Gasteiger partial charge in [0.2, 0.25) is 0 Å². The van der Waals surface area contributed by atoms with Crippen molar-refractivity contribution in [1.29, 1.82) is 0 Å². The summed E-state index contributed by atoms with van der Waals surface area (Å²) in [4.78, 5) is 11.1. The average Bonchev–Trinajstić information content (AvgIpc) is 2.78. The fourth-order valence-corrected chi connectivity index (χ4v) is 2.61. The van der Waals surface area contributed by atoms with E-state index in [1.165, 1.54) is 0 Å². The number of rotatable bonds is 7. The molecular formula is C12H19NO3S. The first-order chi connectivity index (χ1) is 7.98. The van der Waals surface area contributed by atoms with Gasteiger partial charge in [-0.15, -0.1) is 0 Å². The van der Waals surface area contributed by atoms with Crippen LogP contribution in [0.25, 0.3) is 0 Å². The van der Waals surface area contributed by atoms with Crippen molar-refractivity contribution in [3.8, 4) is 0 Å². The zero-order chi connectivity index (χ0) is 12.9. The normalized spacial score (nSPS) is 16.4. The number of hydrogen-bond donors (Lipinski definition) is 2. The Morgan fingerprint density at radius 2 is 2.41 bits per heavy atom. The maximum Gasteiger partial charge on any atom is 0.323 e. The molecular weight excluding hydrogens is 238 g/mol. The van der Waals surface area contributed by atoms with Gasteiger partial charge in [0.05, 0.1) is 12.0 Å². The van der Waals surface area contributed by atoms with Crippen LogP contribution in [0, 0.1) is 0 Å². The smallest absolute Gasteiger partial charge is 0.323 e. The lowest BCUT2D eigenvalue weighted by Crippen LogP contribution is -2.49. The first-order valence-electron chi connectivity index (χ1n) is 5.54. The van der Waals surface area contributed by atoms with Gasteiger partial charge in [-0.1, -0.05) is 6.92 Å². The van der Waals surface area contributed by atoms with E-state index in [2.05, 4.69) is 5.32 Å². The number of thioether (sulfide) groups is 1. The molecule has 1 aromatic heterocycles. The van der Waals surface area contributed by atoms with Crippen molar-refractivity contribution < 1.29 is 14.3 Å². The molecule has 0 bridgehead atoms. The lowest BCUT2D eigenvalue weighted by atomic mass is 9.96. The predicted molar refractivity (Wildman–Crippen MR) is 69.2 cm³/mol. The molecule has 2 atom stereocenters. The molecule has 0 fully saturated rings. The fourth-order valence-electron chi connectivity index (χ4n) is 1.55. The van der Waals surface area contributed by atoms with Crippen molar-refractivity contribution in [2.45, 2.75) is 36.8 Å². The third kappa shape index (κ3) is 4.09. The summed E-state index contributed by atoms with van der Waals surface area (Å²) < 4.78 is 5.24. The third-order valence-corrected chi connectivity index (χ3v) is 4.00. The quantitative estimate of drug-likeness (QED) is 0.785. The molecule has 4 nitrogen and oxygen atoms in total. The van der Waals surface area contributed by atoms with E-state index in [4.69, 9.17) is 9.52 Å². The van der Waals surface area contributed by atoms with Gasteiger partial charge in [0.25, 0.3) is 0 Å². The highest BCUT2D eigenvalue weighted by Gasteiger charge is 2.32. The zero-order valence-electron chi connectivity index (χ0n) is 10.4. The Bertz CT molecular complexity index is 353. The number of aliphatic carboxylic acids is 1. The van der Waals surface area contributed by atoms with Gasteiger partial charge in [0.15, 0.2) is 0 Å². The standard InChI is InChI=1S/C12H19NO3S/c1-9(7-12(2,13-3)11(14)15)17-8-10-5-4-6-16-10/h4-6,9,13H,7-8H2,1-3H3,(H,14,15). The van der Waals surface area contributed by atoms with E-state index in [1.807, 2.05) is 19.1 Å². The molecule has 1 heterocycles. The summed E-state index contributed by atoms with van der Waals surface area (Å²) in [5, 5.41) is 12.3. The van der Waals surface area contributed by atoms with Crippen molar-refractivity contribution in [2.75, 3.05) is 7.05 Å². The van der Waals surface area contributed by atoms with Gasteiger partial charge in [-0.05, 0) is 32.5 Å². The average molecular weight is 257 g/mol. The molecule has 0 spiro atoms. The summed E-state index contributed by atoms with van der Waals surface area (Å²) in [5.74, 6) is 0.877. The maximum absolute atomic E-state index is 11.1. The van der Waals surface area contributed by atoms with Crippen LogP contribution in [-0.4, -0.2) is 28.9 Å². The van der Waals surface area contributed by atoms with Crippen molar-refractivity contribution >= 4 is 17.7 Å². The van der Waals surface area contributed by atoms with Crippen molar-refractivity contribution in [3.63, 3.8) is 0 Å². The number of hydrogen-bond acceptors (Lipinski definition) is 4. The Labute approximate surface area is 106 Å². The van der Waals surface area contributed by atoms with Crippen LogP contribution in [0.5, 0.6) is 0 Å². The number of likely N-dealkylation sites (N-methyl/N-ethyl adjacent to an activating group) is 1. The molecule has 17 heavy (non-hydrogen) atoms. The predicted octanol–water partition coefficient (Wildman–Crippen LogP) is 2.35. The molecule has 1 rings (SSSR count). The third-order valence-electron chi connectivity index (χ3n) is 2.81. The zero-order valence-corrected chi connectivity index (χ0v) is 11.2. The lowest BCUT2D eigenvalue weighted by molar-refractivity contribution is -0.144. The monoisotopic (exact) mass is 257 g/mol. The summed E-state index contributed by atoms with van der Waals surface area (Å²) in [6, 6.07) is 3.78. The molecule has 0 aliphatic rings. The Kier molecular flexibility index (Phi) is 5.08. The van der Waals surface area contributed by atoms with E-state index >= 15 is 0 Å². The number of carbonyl (C=O) groups is 1. The second kappa shape index (κ2) is 6.12. The largest absolute Gasteiger partial charge is 0.480 e. The molecule has 1 aromatic rings. The fraction of sp³-hybridized carbons (Fsp3) is 0.583. The summed E-state index contributed by atoms with van der Waals surface area (Å²) >= 11 is 1.70. The molecule has 0 saturated carbocycles. The number of nitrogens with one attached hydrogen (secondary N) is 1. The van der Waals surface area contributed by atoms with Crippen LogP contribution in [0.4, 0.5) is 0 Å². The molecule has 0 saturated heterocycles. The lowest BCUT2D eigenvalue weighted by Gasteiger charge is -2.27. The first kappa shape index (κ1) is 14.1. The second-order valence-electron chi connectivity index (χ2n) is 4.29. The highest BCUT2D eigenvalue weighted by Crippen LogP contribution is 2.25.